The van der Waals surface area contributed by atoms with Gasteiger partial charge in [-0.05, 0) is 48.8 Å². The molecule has 1 aliphatic carbocycles. The molecule has 0 aromatic heterocycles. The standard InChI is InChI=1S/C23H33N3O4/c1-15(2)18-9-8-16(3)13-19(18)30-12-11-24-20(27)14-26-21(28)23(25-22(26)29)10-6-5-7-17(23)4/h8-9,13,15,17H,5-7,10-12,14H2,1-4H3,(H,24,27)(H,25,29)/t17-,23-/m1/s1. The maximum atomic E-state index is 12.9. The molecule has 1 spiro atoms. The molecule has 1 heterocycles. The zero-order valence-corrected chi connectivity index (χ0v) is 18.4. The van der Waals surface area contributed by atoms with Crippen LogP contribution >= 0.6 is 0 Å². The highest BCUT2D eigenvalue weighted by Crippen LogP contribution is 2.38. The minimum Gasteiger partial charge on any atom is -0.491 e. The number of ether oxygens (including phenoxy) is 1. The van der Waals surface area contributed by atoms with Gasteiger partial charge in [0.15, 0.2) is 0 Å². The van der Waals surface area contributed by atoms with Gasteiger partial charge in [-0.15, -0.1) is 0 Å². The first-order valence-corrected chi connectivity index (χ1v) is 10.9. The van der Waals surface area contributed by atoms with Gasteiger partial charge in [0.2, 0.25) is 5.91 Å². The van der Waals surface area contributed by atoms with Crippen LogP contribution in [0.5, 0.6) is 5.75 Å². The fourth-order valence-electron chi connectivity index (χ4n) is 4.43. The summed E-state index contributed by atoms with van der Waals surface area (Å²) in [6.45, 7) is 8.58. The van der Waals surface area contributed by atoms with Crippen molar-refractivity contribution in [2.24, 2.45) is 5.92 Å². The van der Waals surface area contributed by atoms with Crippen molar-refractivity contribution in [1.29, 1.82) is 0 Å². The molecule has 4 amide bonds. The van der Waals surface area contributed by atoms with Crippen molar-refractivity contribution in [1.82, 2.24) is 15.5 Å². The Morgan fingerprint density at radius 3 is 2.80 bits per heavy atom. The van der Waals surface area contributed by atoms with Gasteiger partial charge >= 0.3 is 6.03 Å². The maximum Gasteiger partial charge on any atom is 0.325 e. The molecule has 1 aliphatic heterocycles. The molecule has 2 atom stereocenters. The van der Waals surface area contributed by atoms with Gasteiger partial charge in [-0.1, -0.05) is 45.7 Å². The van der Waals surface area contributed by atoms with Gasteiger partial charge in [0.05, 0.1) is 6.54 Å². The SMILES string of the molecule is Cc1ccc(C(C)C)c(OCCNC(=O)CN2C(=O)N[C@@]3(CCCC[C@H]3C)C2=O)c1. The first-order chi connectivity index (χ1) is 14.2. The van der Waals surface area contributed by atoms with Gasteiger partial charge in [-0.25, -0.2) is 4.79 Å². The smallest absolute Gasteiger partial charge is 0.325 e. The highest BCUT2D eigenvalue weighted by molar-refractivity contribution is 6.09. The summed E-state index contributed by atoms with van der Waals surface area (Å²) in [6, 6.07) is 5.65. The molecule has 1 saturated carbocycles. The van der Waals surface area contributed by atoms with E-state index in [-0.39, 0.29) is 24.3 Å². The monoisotopic (exact) mass is 415 g/mol. The molecule has 7 nitrogen and oxygen atoms in total. The lowest BCUT2D eigenvalue weighted by Crippen LogP contribution is -2.54. The molecule has 0 bridgehead atoms. The van der Waals surface area contributed by atoms with Crippen LogP contribution in [0.3, 0.4) is 0 Å². The molecule has 2 aliphatic rings. The van der Waals surface area contributed by atoms with Crippen molar-refractivity contribution in [3.8, 4) is 5.75 Å². The third-order valence-electron chi connectivity index (χ3n) is 6.28. The molecule has 7 heteroatoms. The van der Waals surface area contributed by atoms with E-state index >= 15 is 0 Å². The molecule has 0 unspecified atom stereocenters. The van der Waals surface area contributed by atoms with Gasteiger partial charge in [-0.2, -0.15) is 0 Å². The Hall–Kier alpha value is -2.57. The highest BCUT2D eigenvalue weighted by Gasteiger charge is 2.55. The zero-order chi connectivity index (χ0) is 21.9. The van der Waals surface area contributed by atoms with E-state index in [4.69, 9.17) is 4.74 Å². The molecule has 2 fully saturated rings. The summed E-state index contributed by atoms with van der Waals surface area (Å²) >= 11 is 0. The second kappa shape index (κ2) is 9.06. The normalized spacial score (nSPS) is 23.8. The van der Waals surface area contributed by atoms with Crippen molar-refractivity contribution in [2.45, 2.75) is 64.8 Å². The van der Waals surface area contributed by atoms with Crippen LogP contribution in [-0.4, -0.2) is 48.0 Å². The lowest BCUT2D eigenvalue weighted by Gasteiger charge is -2.36. The van der Waals surface area contributed by atoms with Crippen molar-refractivity contribution >= 4 is 17.8 Å². The number of nitrogens with zero attached hydrogens (tertiary/aromatic N) is 1. The fraction of sp³-hybridized carbons (Fsp3) is 0.609. The Morgan fingerprint density at radius 1 is 1.33 bits per heavy atom. The number of carbonyl (C=O) groups is 3. The van der Waals surface area contributed by atoms with Gasteiger partial charge in [0.1, 0.15) is 24.4 Å². The average Bonchev–Trinajstić information content (AvgIpc) is 2.92. The number of nitrogens with one attached hydrogen (secondary N) is 2. The first kappa shape index (κ1) is 22.1. The molecule has 2 N–H and O–H groups in total. The minimum absolute atomic E-state index is 0.0774. The molecule has 164 valence electrons. The summed E-state index contributed by atoms with van der Waals surface area (Å²) in [5.74, 6) is 0.600. The lowest BCUT2D eigenvalue weighted by atomic mass is 9.73. The summed E-state index contributed by atoms with van der Waals surface area (Å²) in [4.78, 5) is 38.7. The van der Waals surface area contributed by atoms with E-state index in [0.29, 0.717) is 25.5 Å². The summed E-state index contributed by atoms with van der Waals surface area (Å²) in [6.07, 6.45) is 3.51. The predicted molar refractivity (Wildman–Crippen MR) is 114 cm³/mol. The van der Waals surface area contributed by atoms with Gasteiger partial charge in [0.25, 0.3) is 5.91 Å². The molecule has 1 aromatic rings. The first-order valence-electron chi connectivity index (χ1n) is 10.9. The molecule has 1 aromatic carbocycles. The molecular weight excluding hydrogens is 382 g/mol. The molecular formula is C23H33N3O4. The van der Waals surface area contributed by atoms with E-state index in [1.807, 2.05) is 19.9 Å². The Kier molecular flexibility index (Phi) is 6.68. The molecule has 1 saturated heterocycles. The number of rotatable bonds is 7. The fourth-order valence-corrected chi connectivity index (χ4v) is 4.43. The summed E-state index contributed by atoms with van der Waals surface area (Å²) in [5, 5.41) is 5.62. The summed E-state index contributed by atoms with van der Waals surface area (Å²) in [5.41, 5.74) is 1.40. The van der Waals surface area contributed by atoms with E-state index in [1.54, 1.807) is 0 Å². The number of benzene rings is 1. The Labute approximate surface area is 178 Å². The van der Waals surface area contributed by atoms with Crippen molar-refractivity contribution in [3.05, 3.63) is 29.3 Å². The molecule has 30 heavy (non-hydrogen) atoms. The van der Waals surface area contributed by atoms with Gasteiger partial charge in [0, 0.05) is 0 Å². The van der Waals surface area contributed by atoms with Gasteiger partial charge in [-0.3, -0.25) is 14.5 Å². The molecule has 3 rings (SSSR count). The number of hydrogen-bond acceptors (Lipinski definition) is 4. The van der Waals surface area contributed by atoms with Crippen LogP contribution in [0, 0.1) is 12.8 Å². The van der Waals surface area contributed by atoms with Crippen LogP contribution in [0.2, 0.25) is 0 Å². The van der Waals surface area contributed by atoms with Crippen molar-refractivity contribution in [3.63, 3.8) is 0 Å². The van der Waals surface area contributed by atoms with Crippen LogP contribution in [0.1, 0.15) is 63.5 Å². The maximum absolute atomic E-state index is 12.9. The largest absolute Gasteiger partial charge is 0.491 e. The average molecular weight is 416 g/mol. The van der Waals surface area contributed by atoms with E-state index < -0.39 is 11.6 Å². The number of hydrogen-bond donors (Lipinski definition) is 2. The summed E-state index contributed by atoms with van der Waals surface area (Å²) in [7, 11) is 0. The van der Waals surface area contributed by atoms with Crippen LogP contribution in [0.15, 0.2) is 18.2 Å². The van der Waals surface area contributed by atoms with Crippen molar-refractivity contribution < 1.29 is 19.1 Å². The Balaban J connectivity index is 1.50. The second-order valence-electron chi connectivity index (χ2n) is 8.83. The van der Waals surface area contributed by atoms with Crippen LogP contribution in [0.25, 0.3) is 0 Å². The third kappa shape index (κ3) is 4.45. The predicted octanol–water partition coefficient (Wildman–Crippen LogP) is 3.11. The minimum atomic E-state index is -0.836. The van der Waals surface area contributed by atoms with E-state index in [9.17, 15) is 14.4 Å². The van der Waals surface area contributed by atoms with Crippen LogP contribution < -0.4 is 15.4 Å². The summed E-state index contributed by atoms with van der Waals surface area (Å²) < 4.78 is 5.87. The van der Waals surface area contributed by atoms with E-state index in [1.165, 1.54) is 0 Å². The Morgan fingerprint density at radius 2 is 2.10 bits per heavy atom. The van der Waals surface area contributed by atoms with Gasteiger partial charge < -0.3 is 15.4 Å². The lowest BCUT2D eigenvalue weighted by molar-refractivity contribution is -0.137. The Bertz CT molecular complexity index is 823. The van der Waals surface area contributed by atoms with Crippen molar-refractivity contribution in [2.75, 3.05) is 19.7 Å². The van der Waals surface area contributed by atoms with Crippen LogP contribution in [0.4, 0.5) is 4.79 Å². The topological polar surface area (TPSA) is 87.7 Å². The third-order valence-corrected chi connectivity index (χ3v) is 6.28. The van der Waals surface area contributed by atoms with E-state index in [0.717, 1.165) is 41.0 Å². The van der Waals surface area contributed by atoms with Crippen LogP contribution in [-0.2, 0) is 9.59 Å². The number of carbonyl (C=O) groups excluding carboxylic acids is 3. The van der Waals surface area contributed by atoms with E-state index in [2.05, 4.69) is 36.6 Å². The number of amides is 4. The molecule has 0 radical (unpaired) electrons. The zero-order valence-electron chi connectivity index (χ0n) is 18.4. The number of urea groups is 1. The number of imide groups is 1. The highest BCUT2D eigenvalue weighted by atomic mass is 16.5. The quantitative estimate of drug-likeness (QED) is 0.529. The number of aryl methyl sites for hydroxylation is 1. The second-order valence-corrected chi connectivity index (χ2v) is 8.83.